The van der Waals surface area contributed by atoms with Crippen molar-refractivity contribution in [1.82, 2.24) is 14.8 Å². The van der Waals surface area contributed by atoms with Crippen LogP contribution in [0.15, 0.2) is 60.8 Å². The molecule has 2 aromatic carbocycles. The zero-order chi connectivity index (χ0) is 19.7. The first kappa shape index (κ1) is 17.7. The normalized spacial score (nSPS) is 13.0. The maximum atomic E-state index is 12.8. The molecule has 0 saturated heterocycles. The third kappa shape index (κ3) is 2.87. The van der Waals surface area contributed by atoms with Gasteiger partial charge in [-0.25, -0.2) is 9.48 Å². The molecule has 2 heterocycles. The van der Waals surface area contributed by atoms with Crippen LogP contribution >= 0.6 is 0 Å². The summed E-state index contributed by atoms with van der Waals surface area (Å²) in [5, 5.41) is 4.82. The third-order valence-corrected chi connectivity index (χ3v) is 4.51. The molecule has 0 atom stereocenters. The quantitative estimate of drug-likeness (QED) is 0.640. The number of imide groups is 1. The van der Waals surface area contributed by atoms with Crippen LogP contribution in [0.3, 0.4) is 0 Å². The molecule has 1 aliphatic rings. The molecule has 3 aromatic rings. The van der Waals surface area contributed by atoms with Gasteiger partial charge in [0.25, 0.3) is 11.8 Å². The smallest absolute Gasteiger partial charge is 0.324 e. The van der Waals surface area contributed by atoms with Crippen molar-refractivity contribution < 1.29 is 19.2 Å². The Morgan fingerprint density at radius 1 is 0.964 bits per heavy atom. The van der Waals surface area contributed by atoms with E-state index in [1.54, 1.807) is 16.8 Å². The van der Waals surface area contributed by atoms with Crippen LogP contribution in [0.2, 0.25) is 0 Å². The fourth-order valence-corrected chi connectivity index (χ4v) is 3.20. The van der Waals surface area contributed by atoms with E-state index in [4.69, 9.17) is 4.84 Å². The van der Waals surface area contributed by atoms with Crippen molar-refractivity contribution in [3.63, 3.8) is 0 Å². The minimum Gasteiger partial charge on any atom is -0.324 e. The highest BCUT2D eigenvalue weighted by atomic mass is 16.7. The monoisotopic (exact) mass is 375 g/mol. The Labute approximate surface area is 161 Å². The lowest BCUT2D eigenvalue weighted by Gasteiger charge is -2.13. The van der Waals surface area contributed by atoms with E-state index in [9.17, 15) is 14.4 Å². The molecule has 0 unspecified atom stereocenters. The molecule has 0 saturated carbocycles. The largest absolute Gasteiger partial charge is 0.367 e. The number of hydrogen-bond donors (Lipinski definition) is 0. The lowest BCUT2D eigenvalue weighted by atomic mass is 10.1. The van der Waals surface area contributed by atoms with E-state index in [2.05, 4.69) is 5.10 Å². The SMILES string of the molecule is CCCc1c(C(=O)ON2C(=O)c3ccccc3C2=O)cnn1-c1ccccc1. The van der Waals surface area contributed by atoms with Crippen molar-refractivity contribution in [2.75, 3.05) is 0 Å². The molecule has 7 heteroatoms. The Hall–Kier alpha value is -3.74. The van der Waals surface area contributed by atoms with Crippen LogP contribution in [0.1, 0.15) is 50.1 Å². The number of benzene rings is 2. The van der Waals surface area contributed by atoms with E-state index in [1.165, 1.54) is 18.3 Å². The number of aromatic nitrogens is 2. The van der Waals surface area contributed by atoms with Crippen molar-refractivity contribution in [1.29, 1.82) is 0 Å². The van der Waals surface area contributed by atoms with E-state index in [0.29, 0.717) is 17.2 Å². The van der Waals surface area contributed by atoms with Gasteiger partial charge in [-0.05, 0) is 30.7 Å². The summed E-state index contributed by atoms with van der Waals surface area (Å²) in [5.41, 5.74) is 2.13. The van der Waals surface area contributed by atoms with Crippen molar-refractivity contribution in [3.8, 4) is 5.69 Å². The molecule has 2 amide bonds. The zero-order valence-corrected chi connectivity index (χ0v) is 15.2. The van der Waals surface area contributed by atoms with Crippen LogP contribution in [0.4, 0.5) is 0 Å². The van der Waals surface area contributed by atoms with Crippen LogP contribution in [-0.2, 0) is 11.3 Å². The van der Waals surface area contributed by atoms with Gasteiger partial charge in [-0.1, -0.05) is 48.7 Å². The second kappa shape index (κ2) is 7.11. The molecule has 1 aromatic heterocycles. The van der Waals surface area contributed by atoms with Gasteiger partial charge in [0.1, 0.15) is 5.56 Å². The molecular weight excluding hydrogens is 358 g/mol. The Morgan fingerprint density at radius 2 is 1.57 bits per heavy atom. The van der Waals surface area contributed by atoms with Gasteiger partial charge >= 0.3 is 5.97 Å². The molecule has 7 nitrogen and oxygen atoms in total. The summed E-state index contributed by atoms with van der Waals surface area (Å²) in [6.45, 7) is 1.99. The van der Waals surface area contributed by atoms with Crippen LogP contribution in [0.25, 0.3) is 5.69 Å². The van der Waals surface area contributed by atoms with Gasteiger partial charge in [0.2, 0.25) is 0 Å². The summed E-state index contributed by atoms with van der Waals surface area (Å²) in [6.07, 6.45) is 2.77. The Balaban J connectivity index is 1.64. The van der Waals surface area contributed by atoms with Crippen LogP contribution < -0.4 is 0 Å². The van der Waals surface area contributed by atoms with Crippen molar-refractivity contribution in [2.45, 2.75) is 19.8 Å². The highest BCUT2D eigenvalue weighted by molar-refractivity contribution is 6.21. The van der Waals surface area contributed by atoms with Crippen molar-refractivity contribution in [2.24, 2.45) is 0 Å². The topological polar surface area (TPSA) is 81.5 Å². The lowest BCUT2D eigenvalue weighted by Crippen LogP contribution is -2.32. The molecule has 0 spiro atoms. The van der Waals surface area contributed by atoms with E-state index in [0.717, 1.165) is 12.1 Å². The second-order valence-electron chi connectivity index (χ2n) is 6.33. The molecule has 0 aliphatic carbocycles. The average Bonchev–Trinajstić information content (AvgIpc) is 3.24. The van der Waals surface area contributed by atoms with Gasteiger partial charge in [-0.3, -0.25) is 9.59 Å². The first-order valence-electron chi connectivity index (χ1n) is 8.94. The maximum Gasteiger partial charge on any atom is 0.367 e. The van der Waals surface area contributed by atoms with Crippen LogP contribution in [0.5, 0.6) is 0 Å². The molecule has 0 fully saturated rings. The summed E-state index contributed by atoms with van der Waals surface area (Å²) >= 11 is 0. The second-order valence-corrected chi connectivity index (χ2v) is 6.33. The van der Waals surface area contributed by atoms with Crippen molar-refractivity contribution in [3.05, 3.63) is 83.2 Å². The van der Waals surface area contributed by atoms with Gasteiger partial charge in [0.05, 0.1) is 28.7 Å². The lowest BCUT2D eigenvalue weighted by molar-refractivity contribution is -0.0585. The van der Waals surface area contributed by atoms with E-state index < -0.39 is 17.8 Å². The number of amides is 2. The number of para-hydroxylation sites is 1. The third-order valence-electron chi connectivity index (χ3n) is 4.51. The van der Waals surface area contributed by atoms with Gasteiger partial charge in [-0.15, -0.1) is 0 Å². The van der Waals surface area contributed by atoms with E-state index in [1.807, 2.05) is 37.3 Å². The fraction of sp³-hybridized carbons (Fsp3) is 0.143. The summed E-state index contributed by atoms with van der Waals surface area (Å²) in [4.78, 5) is 42.8. The number of rotatable bonds is 5. The maximum absolute atomic E-state index is 12.8. The molecule has 0 radical (unpaired) electrons. The van der Waals surface area contributed by atoms with E-state index in [-0.39, 0.29) is 16.7 Å². The Morgan fingerprint density at radius 3 is 2.18 bits per heavy atom. The van der Waals surface area contributed by atoms with Crippen molar-refractivity contribution >= 4 is 17.8 Å². The first-order valence-corrected chi connectivity index (χ1v) is 8.94. The summed E-state index contributed by atoms with van der Waals surface area (Å²) in [7, 11) is 0. The number of carbonyl (C=O) groups excluding carboxylic acids is 3. The molecule has 0 N–H and O–H groups in total. The van der Waals surface area contributed by atoms with Gasteiger partial charge < -0.3 is 4.84 Å². The fourth-order valence-electron chi connectivity index (χ4n) is 3.20. The molecule has 0 bridgehead atoms. The van der Waals surface area contributed by atoms with Gasteiger partial charge in [0.15, 0.2) is 0 Å². The Kier molecular flexibility index (Phi) is 4.49. The predicted molar refractivity (Wildman–Crippen MR) is 99.9 cm³/mol. The molecule has 140 valence electrons. The standard InChI is InChI=1S/C21H17N3O4/c1-2-8-18-17(13-22-23(18)14-9-4-3-5-10-14)21(27)28-24-19(25)15-11-6-7-12-16(15)20(24)26/h3-7,9-13H,2,8H2,1H3. The number of hydroxylamine groups is 2. The minimum atomic E-state index is -0.792. The highest BCUT2D eigenvalue weighted by Crippen LogP contribution is 2.24. The summed E-state index contributed by atoms with van der Waals surface area (Å²) in [6, 6.07) is 15.8. The Bertz CT molecular complexity index is 1040. The molecule has 1 aliphatic heterocycles. The zero-order valence-electron chi connectivity index (χ0n) is 15.2. The van der Waals surface area contributed by atoms with Gasteiger partial charge in [0, 0.05) is 0 Å². The average molecular weight is 375 g/mol. The first-order chi connectivity index (χ1) is 13.6. The van der Waals surface area contributed by atoms with Gasteiger partial charge in [-0.2, -0.15) is 5.10 Å². The summed E-state index contributed by atoms with van der Waals surface area (Å²) in [5.74, 6) is -2.09. The minimum absolute atomic E-state index is 0.217. The number of carbonyl (C=O) groups is 3. The van der Waals surface area contributed by atoms with Crippen LogP contribution in [0, 0.1) is 0 Å². The highest BCUT2D eigenvalue weighted by Gasteiger charge is 2.39. The summed E-state index contributed by atoms with van der Waals surface area (Å²) < 4.78 is 1.67. The molecular formula is C21H17N3O4. The number of nitrogens with zero attached hydrogens (tertiary/aromatic N) is 3. The van der Waals surface area contributed by atoms with E-state index >= 15 is 0 Å². The molecule has 28 heavy (non-hydrogen) atoms. The molecule has 4 rings (SSSR count). The number of hydrogen-bond acceptors (Lipinski definition) is 5. The van der Waals surface area contributed by atoms with Crippen LogP contribution in [-0.4, -0.2) is 32.6 Å². The predicted octanol–water partition coefficient (Wildman–Crippen LogP) is 3.19. The number of fused-ring (bicyclic) bond motifs is 1.